The fraction of sp³-hybridized carbons (Fsp3) is 0.300. The van der Waals surface area contributed by atoms with Gasteiger partial charge in [-0.15, -0.1) is 0 Å². The number of aryl methyl sites for hydroxylation is 1. The van der Waals surface area contributed by atoms with Crippen molar-refractivity contribution in [2.24, 2.45) is 0 Å². The van der Waals surface area contributed by atoms with Gasteiger partial charge in [0.1, 0.15) is 5.82 Å². The summed E-state index contributed by atoms with van der Waals surface area (Å²) in [6, 6.07) is 13.8. The van der Waals surface area contributed by atoms with E-state index in [-0.39, 0.29) is 24.2 Å². The lowest BCUT2D eigenvalue weighted by molar-refractivity contribution is -0.117. The van der Waals surface area contributed by atoms with Gasteiger partial charge >= 0.3 is 0 Å². The second-order valence-electron chi connectivity index (χ2n) is 6.45. The number of carbonyl (C=O) groups is 2. The molecule has 1 aliphatic rings. The van der Waals surface area contributed by atoms with Crippen LogP contribution in [-0.4, -0.2) is 54.3 Å². The van der Waals surface area contributed by atoms with Crippen LogP contribution in [0.15, 0.2) is 48.5 Å². The molecule has 0 atom stereocenters. The van der Waals surface area contributed by atoms with Crippen molar-refractivity contribution in [3.63, 3.8) is 0 Å². The molecule has 26 heavy (non-hydrogen) atoms. The molecule has 2 aromatic rings. The highest BCUT2D eigenvalue weighted by atomic mass is 19.1. The maximum atomic E-state index is 13.5. The summed E-state index contributed by atoms with van der Waals surface area (Å²) in [5, 5.41) is 2.72. The molecule has 0 radical (unpaired) electrons. The van der Waals surface area contributed by atoms with Crippen molar-refractivity contribution in [1.29, 1.82) is 0 Å². The first-order valence-corrected chi connectivity index (χ1v) is 8.65. The van der Waals surface area contributed by atoms with E-state index in [1.165, 1.54) is 6.07 Å². The number of amides is 2. The van der Waals surface area contributed by atoms with Gasteiger partial charge in [-0.2, -0.15) is 0 Å². The topological polar surface area (TPSA) is 52.7 Å². The van der Waals surface area contributed by atoms with E-state index in [0.29, 0.717) is 43.0 Å². The van der Waals surface area contributed by atoms with Crippen LogP contribution in [0.4, 0.5) is 10.1 Å². The summed E-state index contributed by atoms with van der Waals surface area (Å²) in [6.07, 6.45) is 0. The van der Waals surface area contributed by atoms with Crippen LogP contribution in [0.2, 0.25) is 0 Å². The molecular weight excluding hydrogens is 333 g/mol. The van der Waals surface area contributed by atoms with Gasteiger partial charge in [0.15, 0.2) is 0 Å². The molecule has 1 aliphatic heterocycles. The molecule has 0 aliphatic carbocycles. The third kappa shape index (κ3) is 4.46. The Hall–Kier alpha value is -2.73. The minimum Gasteiger partial charge on any atom is -0.336 e. The number of nitrogens with zero attached hydrogens (tertiary/aromatic N) is 2. The molecule has 1 saturated heterocycles. The normalized spacial score (nSPS) is 14.9. The lowest BCUT2D eigenvalue weighted by atomic mass is 10.2. The fourth-order valence-corrected chi connectivity index (χ4v) is 2.95. The molecule has 1 fully saturated rings. The number of benzene rings is 2. The third-order valence-corrected chi connectivity index (χ3v) is 4.50. The van der Waals surface area contributed by atoms with Gasteiger partial charge in [-0.05, 0) is 36.8 Å². The van der Waals surface area contributed by atoms with E-state index in [4.69, 9.17) is 0 Å². The van der Waals surface area contributed by atoms with Crippen molar-refractivity contribution in [3.8, 4) is 0 Å². The second-order valence-corrected chi connectivity index (χ2v) is 6.45. The number of rotatable bonds is 4. The van der Waals surface area contributed by atoms with Crippen molar-refractivity contribution in [3.05, 3.63) is 65.5 Å². The molecule has 1 N–H and O–H groups in total. The Morgan fingerprint density at radius 1 is 1.04 bits per heavy atom. The average molecular weight is 355 g/mol. The maximum Gasteiger partial charge on any atom is 0.253 e. The molecule has 136 valence electrons. The van der Waals surface area contributed by atoms with Gasteiger partial charge in [0.2, 0.25) is 5.91 Å². The highest BCUT2D eigenvalue weighted by molar-refractivity contribution is 5.94. The molecule has 1 heterocycles. The monoisotopic (exact) mass is 355 g/mol. The standard InChI is InChI=1S/C20H22FN3O2/c1-15-7-8-17(13-18(15)21)22-19(25)14-23-9-11-24(12-10-23)20(26)16-5-3-2-4-6-16/h2-8,13H,9-12,14H2,1H3,(H,22,25). The van der Waals surface area contributed by atoms with Crippen molar-refractivity contribution >= 4 is 17.5 Å². The number of halogens is 1. The number of piperazine rings is 1. The zero-order valence-electron chi connectivity index (χ0n) is 14.7. The number of carbonyl (C=O) groups excluding carboxylic acids is 2. The number of nitrogens with one attached hydrogen (secondary N) is 1. The summed E-state index contributed by atoms with van der Waals surface area (Å²) in [5.74, 6) is -0.503. The summed E-state index contributed by atoms with van der Waals surface area (Å²) in [4.78, 5) is 28.4. The molecular formula is C20H22FN3O2. The molecule has 6 heteroatoms. The summed E-state index contributed by atoms with van der Waals surface area (Å²) in [6.45, 7) is 4.34. The Balaban J connectivity index is 1.48. The summed E-state index contributed by atoms with van der Waals surface area (Å²) >= 11 is 0. The first kappa shape index (κ1) is 18.1. The van der Waals surface area contributed by atoms with Gasteiger partial charge in [0, 0.05) is 37.4 Å². The van der Waals surface area contributed by atoms with Crippen LogP contribution in [0.25, 0.3) is 0 Å². The molecule has 2 amide bonds. The highest BCUT2D eigenvalue weighted by Gasteiger charge is 2.23. The van der Waals surface area contributed by atoms with Gasteiger partial charge in [0.25, 0.3) is 5.91 Å². The lowest BCUT2D eigenvalue weighted by Crippen LogP contribution is -2.50. The van der Waals surface area contributed by atoms with Crippen molar-refractivity contribution in [2.45, 2.75) is 6.92 Å². The van der Waals surface area contributed by atoms with Crippen molar-refractivity contribution in [2.75, 3.05) is 38.0 Å². The largest absolute Gasteiger partial charge is 0.336 e. The van der Waals surface area contributed by atoms with E-state index >= 15 is 0 Å². The summed E-state index contributed by atoms with van der Waals surface area (Å²) < 4.78 is 13.5. The van der Waals surface area contributed by atoms with E-state index in [0.717, 1.165) is 0 Å². The molecule has 2 aromatic carbocycles. The summed E-state index contributed by atoms with van der Waals surface area (Å²) in [5.41, 5.74) is 1.68. The van der Waals surface area contributed by atoms with Gasteiger partial charge in [-0.1, -0.05) is 24.3 Å². The van der Waals surface area contributed by atoms with E-state index in [1.54, 1.807) is 24.0 Å². The minimum absolute atomic E-state index is 0.0184. The third-order valence-electron chi connectivity index (χ3n) is 4.50. The number of anilines is 1. The fourth-order valence-electron chi connectivity index (χ4n) is 2.95. The smallest absolute Gasteiger partial charge is 0.253 e. The second kappa shape index (κ2) is 8.10. The van der Waals surface area contributed by atoms with Gasteiger partial charge in [-0.3, -0.25) is 14.5 Å². The maximum absolute atomic E-state index is 13.5. The molecule has 0 unspecified atom stereocenters. The van der Waals surface area contributed by atoms with E-state index in [2.05, 4.69) is 5.32 Å². The zero-order valence-corrected chi connectivity index (χ0v) is 14.7. The molecule has 0 saturated carbocycles. The molecule has 0 spiro atoms. The predicted octanol–water partition coefficient (Wildman–Crippen LogP) is 2.53. The van der Waals surface area contributed by atoms with E-state index in [9.17, 15) is 14.0 Å². The first-order valence-electron chi connectivity index (χ1n) is 8.65. The Labute approximate surface area is 152 Å². The van der Waals surface area contributed by atoms with Crippen LogP contribution in [0.3, 0.4) is 0 Å². The van der Waals surface area contributed by atoms with Gasteiger partial charge < -0.3 is 10.2 Å². The molecule has 5 nitrogen and oxygen atoms in total. The molecule has 3 rings (SSSR count). The number of hydrogen-bond acceptors (Lipinski definition) is 3. The van der Waals surface area contributed by atoms with Crippen LogP contribution in [0.1, 0.15) is 15.9 Å². The quantitative estimate of drug-likeness (QED) is 0.917. The predicted molar refractivity (Wildman–Crippen MR) is 98.6 cm³/mol. The Kier molecular flexibility index (Phi) is 5.63. The Bertz CT molecular complexity index is 787. The first-order chi connectivity index (χ1) is 12.5. The molecule has 0 bridgehead atoms. The minimum atomic E-state index is -0.337. The molecule has 0 aromatic heterocycles. The lowest BCUT2D eigenvalue weighted by Gasteiger charge is -2.34. The highest BCUT2D eigenvalue weighted by Crippen LogP contribution is 2.14. The Morgan fingerprint density at radius 3 is 2.38 bits per heavy atom. The average Bonchev–Trinajstić information content (AvgIpc) is 2.65. The SMILES string of the molecule is Cc1ccc(NC(=O)CN2CCN(C(=O)c3ccccc3)CC2)cc1F. The number of hydrogen-bond donors (Lipinski definition) is 1. The van der Waals surface area contributed by atoms with Crippen LogP contribution in [0, 0.1) is 12.7 Å². The van der Waals surface area contributed by atoms with E-state index in [1.807, 2.05) is 35.2 Å². The van der Waals surface area contributed by atoms with Gasteiger partial charge in [0.05, 0.1) is 6.54 Å². The Morgan fingerprint density at radius 2 is 1.73 bits per heavy atom. The van der Waals surface area contributed by atoms with Gasteiger partial charge in [-0.25, -0.2) is 4.39 Å². The van der Waals surface area contributed by atoms with Crippen molar-refractivity contribution in [1.82, 2.24) is 9.80 Å². The van der Waals surface area contributed by atoms with Crippen LogP contribution in [0.5, 0.6) is 0 Å². The van der Waals surface area contributed by atoms with Crippen molar-refractivity contribution < 1.29 is 14.0 Å². The van der Waals surface area contributed by atoms with E-state index < -0.39 is 0 Å². The zero-order chi connectivity index (χ0) is 18.5. The van der Waals surface area contributed by atoms with Crippen LogP contribution < -0.4 is 5.32 Å². The van der Waals surface area contributed by atoms with Crippen LogP contribution >= 0.6 is 0 Å². The summed E-state index contributed by atoms with van der Waals surface area (Å²) in [7, 11) is 0. The van der Waals surface area contributed by atoms with Crippen LogP contribution in [-0.2, 0) is 4.79 Å².